The molecule has 0 amide bonds. The van der Waals surface area contributed by atoms with Crippen LogP contribution in [-0.4, -0.2) is 23.2 Å². The molecule has 0 radical (unpaired) electrons. The van der Waals surface area contributed by atoms with E-state index in [9.17, 15) is 0 Å². The second-order valence-corrected chi connectivity index (χ2v) is 6.65. The summed E-state index contributed by atoms with van der Waals surface area (Å²) in [5.74, 6) is 1.50. The molecule has 0 spiro atoms. The van der Waals surface area contributed by atoms with E-state index in [1.165, 1.54) is 11.3 Å². The number of rotatable bonds is 0. The molecule has 4 rings (SSSR count). The van der Waals surface area contributed by atoms with Gasteiger partial charge in [-0.15, -0.1) is 0 Å². The lowest BCUT2D eigenvalue weighted by atomic mass is 9.69. The van der Waals surface area contributed by atoms with Crippen molar-refractivity contribution in [2.24, 2.45) is 5.92 Å². The Balaban J connectivity index is 2.01. The minimum absolute atomic E-state index is 0.126. The molecule has 0 saturated heterocycles. The summed E-state index contributed by atoms with van der Waals surface area (Å²) in [6.07, 6.45) is 3.86. The van der Waals surface area contributed by atoms with Crippen LogP contribution in [0.2, 0.25) is 0 Å². The number of para-hydroxylation sites is 1. The van der Waals surface area contributed by atoms with E-state index in [1.54, 1.807) is 6.33 Å². The highest BCUT2D eigenvalue weighted by Gasteiger charge is 2.50. The number of aromatic nitrogens is 2. The fourth-order valence-corrected chi connectivity index (χ4v) is 3.88. The van der Waals surface area contributed by atoms with Gasteiger partial charge in [-0.3, -0.25) is 0 Å². The van der Waals surface area contributed by atoms with E-state index >= 15 is 0 Å². The number of fused-ring (bicyclic) bond motifs is 5. The van der Waals surface area contributed by atoms with Crippen LogP contribution in [0.1, 0.15) is 26.3 Å². The molecule has 108 valence electrons. The zero-order chi connectivity index (χ0) is 14.8. The fraction of sp³-hybridized carbons (Fsp3) is 0.412. The Morgan fingerprint density at radius 1 is 1.14 bits per heavy atom. The first-order valence-electron chi connectivity index (χ1n) is 7.45. The van der Waals surface area contributed by atoms with Gasteiger partial charge in [0, 0.05) is 18.7 Å². The van der Waals surface area contributed by atoms with Crippen LogP contribution in [0.25, 0.3) is 0 Å². The van der Waals surface area contributed by atoms with Gasteiger partial charge in [-0.2, -0.15) is 0 Å². The average molecular weight is 280 g/mol. The van der Waals surface area contributed by atoms with Crippen molar-refractivity contribution in [1.82, 2.24) is 9.97 Å². The highest BCUT2D eigenvalue weighted by atomic mass is 15.4. The minimum atomic E-state index is 0.126. The molecule has 2 aliphatic heterocycles. The van der Waals surface area contributed by atoms with Crippen molar-refractivity contribution in [2.75, 3.05) is 16.8 Å². The maximum Gasteiger partial charge on any atom is 0.157 e. The van der Waals surface area contributed by atoms with E-state index in [1.807, 2.05) is 6.20 Å². The molecule has 0 fully saturated rings. The predicted octanol–water partition coefficient (Wildman–Crippen LogP) is 3.32. The average Bonchev–Trinajstić information content (AvgIpc) is 2.79. The van der Waals surface area contributed by atoms with Gasteiger partial charge in [-0.1, -0.05) is 39.0 Å². The molecule has 0 bridgehead atoms. The number of hydrogen-bond acceptors (Lipinski definition) is 4. The van der Waals surface area contributed by atoms with Crippen LogP contribution in [0, 0.1) is 5.92 Å². The van der Waals surface area contributed by atoms with Crippen LogP contribution >= 0.6 is 0 Å². The van der Waals surface area contributed by atoms with E-state index in [0.29, 0.717) is 12.1 Å². The van der Waals surface area contributed by atoms with Gasteiger partial charge in [-0.25, -0.2) is 9.97 Å². The number of benzene rings is 1. The lowest BCUT2D eigenvalue weighted by Crippen LogP contribution is -2.53. The smallest absolute Gasteiger partial charge is 0.157 e. The van der Waals surface area contributed by atoms with Crippen LogP contribution in [0.4, 0.5) is 17.2 Å². The van der Waals surface area contributed by atoms with Crippen molar-refractivity contribution >= 4 is 17.2 Å². The fourth-order valence-electron chi connectivity index (χ4n) is 3.88. The van der Waals surface area contributed by atoms with E-state index in [4.69, 9.17) is 0 Å². The van der Waals surface area contributed by atoms with E-state index in [-0.39, 0.29) is 5.41 Å². The minimum Gasteiger partial charge on any atom is -0.337 e. The van der Waals surface area contributed by atoms with Gasteiger partial charge in [0.25, 0.3) is 0 Å². The van der Waals surface area contributed by atoms with Crippen molar-refractivity contribution in [3.63, 3.8) is 0 Å². The van der Waals surface area contributed by atoms with Crippen molar-refractivity contribution in [3.05, 3.63) is 42.4 Å². The van der Waals surface area contributed by atoms with Crippen LogP contribution in [-0.2, 0) is 5.41 Å². The molecule has 2 aliphatic rings. The lowest BCUT2D eigenvalue weighted by molar-refractivity contribution is 0.276. The van der Waals surface area contributed by atoms with Gasteiger partial charge < -0.3 is 9.80 Å². The van der Waals surface area contributed by atoms with Crippen LogP contribution in [0.5, 0.6) is 0 Å². The third-order valence-corrected chi connectivity index (χ3v) is 5.37. The Morgan fingerprint density at radius 3 is 2.71 bits per heavy atom. The Bertz CT molecular complexity index is 709. The first-order chi connectivity index (χ1) is 10.0. The van der Waals surface area contributed by atoms with Crippen molar-refractivity contribution < 1.29 is 0 Å². The third-order valence-electron chi connectivity index (χ3n) is 5.37. The van der Waals surface area contributed by atoms with Gasteiger partial charge in [0.15, 0.2) is 5.82 Å². The number of hydrogen-bond donors (Lipinski definition) is 0. The second kappa shape index (κ2) is 3.97. The van der Waals surface area contributed by atoms with Crippen LogP contribution in [0.3, 0.4) is 0 Å². The molecule has 21 heavy (non-hydrogen) atoms. The van der Waals surface area contributed by atoms with Gasteiger partial charge >= 0.3 is 0 Å². The summed E-state index contributed by atoms with van der Waals surface area (Å²) in [7, 11) is 2.14. The monoisotopic (exact) mass is 280 g/mol. The molecule has 4 heteroatoms. The largest absolute Gasteiger partial charge is 0.337 e. The van der Waals surface area contributed by atoms with Crippen LogP contribution < -0.4 is 9.80 Å². The molecule has 2 aromatic rings. The van der Waals surface area contributed by atoms with E-state index in [0.717, 1.165) is 11.5 Å². The Kier molecular flexibility index (Phi) is 2.39. The molecule has 2 atom stereocenters. The summed E-state index contributed by atoms with van der Waals surface area (Å²) in [6.45, 7) is 7.02. The quantitative estimate of drug-likeness (QED) is 0.741. The predicted molar refractivity (Wildman–Crippen MR) is 85.0 cm³/mol. The van der Waals surface area contributed by atoms with E-state index < -0.39 is 0 Å². The van der Waals surface area contributed by atoms with E-state index in [2.05, 4.69) is 71.9 Å². The van der Waals surface area contributed by atoms with Gasteiger partial charge in [0.1, 0.15) is 18.2 Å². The van der Waals surface area contributed by atoms with Gasteiger partial charge in [0.05, 0.1) is 6.20 Å². The summed E-state index contributed by atoms with van der Waals surface area (Å²) in [6, 6.07) is 8.72. The maximum absolute atomic E-state index is 4.49. The standard InChI is InChI=1S/C17H20N4/c1-11-16-20(4)15-14(9-18-10-19-15)21(16)13-8-6-5-7-12(13)17(11,2)3/h5-11,16H,1-4H3. The first kappa shape index (κ1) is 12.6. The second-order valence-electron chi connectivity index (χ2n) is 6.65. The summed E-state index contributed by atoms with van der Waals surface area (Å²) in [4.78, 5) is 13.4. The zero-order valence-corrected chi connectivity index (χ0v) is 12.9. The summed E-state index contributed by atoms with van der Waals surface area (Å²) >= 11 is 0. The molecule has 2 unspecified atom stereocenters. The highest BCUT2D eigenvalue weighted by molar-refractivity contribution is 5.83. The maximum atomic E-state index is 4.49. The summed E-state index contributed by atoms with van der Waals surface area (Å²) < 4.78 is 0. The molecule has 1 aromatic carbocycles. The molecule has 3 heterocycles. The lowest BCUT2D eigenvalue weighted by Gasteiger charge is -2.49. The molecule has 4 nitrogen and oxygen atoms in total. The Hall–Kier alpha value is -2.10. The summed E-state index contributed by atoms with van der Waals surface area (Å²) in [5, 5.41) is 0. The molecular weight excluding hydrogens is 260 g/mol. The SMILES string of the molecule is CC1C2N(C)c3ncncc3N2c2ccccc2C1(C)C. The molecular formula is C17H20N4. The van der Waals surface area contributed by atoms with Crippen molar-refractivity contribution in [3.8, 4) is 0 Å². The Labute approximate surface area is 125 Å². The molecule has 0 N–H and O–H groups in total. The molecule has 0 saturated carbocycles. The van der Waals surface area contributed by atoms with Crippen LogP contribution in [0.15, 0.2) is 36.8 Å². The van der Waals surface area contributed by atoms with Crippen molar-refractivity contribution in [2.45, 2.75) is 32.4 Å². The Morgan fingerprint density at radius 2 is 1.90 bits per heavy atom. The molecule has 0 aliphatic carbocycles. The van der Waals surface area contributed by atoms with Gasteiger partial charge in [-0.05, 0) is 17.0 Å². The summed E-state index contributed by atoms with van der Waals surface area (Å²) in [5.41, 5.74) is 3.92. The first-order valence-corrected chi connectivity index (χ1v) is 7.45. The van der Waals surface area contributed by atoms with Crippen molar-refractivity contribution in [1.29, 1.82) is 0 Å². The number of nitrogens with zero attached hydrogens (tertiary/aromatic N) is 4. The topological polar surface area (TPSA) is 32.3 Å². The zero-order valence-electron chi connectivity index (χ0n) is 12.9. The third kappa shape index (κ3) is 1.45. The normalized spacial score (nSPS) is 25.3. The van der Waals surface area contributed by atoms with Gasteiger partial charge in [0.2, 0.25) is 0 Å². The highest BCUT2D eigenvalue weighted by Crippen LogP contribution is 2.54. The number of anilines is 3. The molecule has 1 aromatic heterocycles.